The Morgan fingerprint density at radius 1 is 0.455 bits per heavy atom. The quantitative estimate of drug-likeness (QED) is 0.00708. The van der Waals surface area contributed by atoms with Gasteiger partial charge in [-0.1, -0.05) is 84.6 Å². The fourth-order valence-electron chi connectivity index (χ4n) is 15.2. The van der Waals surface area contributed by atoms with E-state index in [1.165, 1.54) is 36.2 Å². The molecule has 7 heterocycles. The highest BCUT2D eigenvalue weighted by molar-refractivity contribution is 6.31. The molecule has 0 atom stereocenters. The van der Waals surface area contributed by atoms with Crippen molar-refractivity contribution in [2.24, 2.45) is 0 Å². The lowest BCUT2D eigenvalue weighted by atomic mass is 9.62. The fraction of sp³-hybridized carbons (Fsp3) is 0.381. The zero-order valence-electron chi connectivity index (χ0n) is 76.8. The topological polar surface area (TPSA) is 473 Å². The van der Waals surface area contributed by atoms with E-state index in [1.807, 2.05) is 192 Å². The van der Waals surface area contributed by atoms with Crippen LogP contribution in [0.2, 0.25) is 10.3 Å². The number of pyridine rings is 6. The minimum absolute atomic E-state index is 0.0317. The molecule has 0 radical (unpaired) electrons. The monoisotopic (exact) mass is 1840 g/mol. The van der Waals surface area contributed by atoms with Gasteiger partial charge in [0.25, 0.3) is 0 Å². The average Bonchev–Trinajstić information content (AvgIpc) is 1.71. The Morgan fingerprint density at radius 2 is 0.848 bits per heavy atom. The van der Waals surface area contributed by atoms with Crippen molar-refractivity contribution < 1.29 is 57.7 Å². The number of hydrogen-bond acceptors (Lipinski definition) is 27. The van der Waals surface area contributed by atoms with E-state index in [0.717, 1.165) is 121 Å². The molecule has 35 heteroatoms. The highest BCUT2D eigenvalue weighted by atomic mass is 35.5. The van der Waals surface area contributed by atoms with Crippen LogP contribution in [-0.2, 0) is 50.4 Å². The molecule has 0 spiro atoms. The SMILES string of the molecule is CC(C)(C)OC(=O)CC1(c2ccc(N)cc2)CCC1.CC(C)(C)OC(=O)NC1(c2ccc(Nc3nc(Cl)ccc3[N+](=O)[O-])cc2)CCC1.Cc1ccc([N+](=O)[O-])c(Cl)n1.Cc1ccc([N+](=O)[O-])c(Nc2ccc(C3(CC(=O)OC(C)(C)C)CCC3)cc2)n1.Cc1ccc2nc(-c3cccnc3N)n(-c3ccc(C4(NC(=O)OC(C)(C)C)CCC4)cc3)c2n1.Nc1ncccc1C=O. The second-order valence-corrected chi connectivity index (χ2v) is 37.7. The number of alkyl carbamates (subject to hydrolysis) is 2. The maximum atomic E-state index is 12.5. The van der Waals surface area contributed by atoms with Gasteiger partial charge in [0.1, 0.15) is 44.7 Å². The summed E-state index contributed by atoms with van der Waals surface area (Å²) in [4.78, 5) is 120. The highest BCUT2D eigenvalue weighted by Gasteiger charge is 2.45. The number of carbonyl (C=O) groups is 5. The van der Waals surface area contributed by atoms with Crippen LogP contribution in [-0.4, -0.2) is 107 Å². The Balaban J connectivity index is 0.000000172. The highest BCUT2D eigenvalue weighted by Crippen LogP contribution is 2.50. The van der Waals surface area contributed by atoms with Crippen molar-refractivity contribution in [3.8, 4) is 17.1 Å². The number of aromatic nitrogens is 8. The summed E-state index contributed by atoms with van der Waals surface area (Å²) < 4.78 is 23.9. The van der Waals surface area contributed by atoms with E-state index in [9.17, 15) is 54.3 Å². The normalized spacial score (nSPS) is 14.6. The van der Waals surface area contributed by atoms with E-state index in [4.69, 9.17) is 69.3 Å². The average molecular weight is 1840 g/mol. The van der Waals surface area contributed by atoms with Crippen LogP contribution in [0.3, 0.4) is 0 Å². The van der Waals surface area contributed by atoms with Crippen LogP contribution in [0.25, 0.3) is 28.2 Å². The number of ether oxygens (including phenoxy) is 4. The molecule has 4 fully saturated rings. The standard InChI is InChI=1S/C27H30N6O2.C22H27N3O4.C20H23ClN4O4.C16H23NO2.C6H5ClN2O2.C6H6N2O/c1-17-8-13-21-24(30-17)33(23(31-21)20-7-5-16-29-22(20)28)19-11-9-18(10-12-19)27(14-6-15-27)32-25(34)35-26(2,3)4;1-15-6-11-18(25(27)28)20(23-15)24-17-9-7-16(8-10-17)22(12-5-13-22)14-19(26)29-21(2,3)4;1-19(2,3)29-18(26)24-20(11-4-12-20)13-5-7-14(8-6-13)22-17-15(25(27)28)9-10-16(21)23-17;1-15(2,3)19-14(18)11-16(9-4-10-16)12-5-7-13(17)8-6-12;1-4-2-3-5(9(10)11)6(7)8-4;7-6-5(4-9)2-1-3-8-6/h5,7-13,16H,6,14-15H2,1-4H3,(H2,28,29)(H,32,34);6-11H,5,12-14H2,1-4H3,(H,23,24);5-10H,4,11-12H2,1-3H3,(H,22,23)(H,24,26);5-8H,4,9-11,17H2,1-3H3;2-3H,1H3;1-4H,(H2,7,8). The van der Waals surface area contributed by atoms with Crippen molar-refractivity contribution in [2.45, 2.75) is 238 Å². The van der Waals surface area contributed by atoms with Gasteiger partial charge in [-0.15, -0.1) is 0 Å². The van der Waals surface area contributed by atoms with Crippen molar-refractivity contribution in [2.75, 3.05) is 27.8 Å². The Morgan fingerprint density at radius 3 is 1.25 bits per heavy atom. The number of esters is 2. The summed E-state index contributed by atoms with van der Waals surface area (Å²) in [6.07, 6.45) is 15.6. The molecule has 0 saturated heterocycles. The number of nitrogens with one attached hydrogen (secondary N) is 4. The largest absolute Gasteiger partial charge is 0.460 e. The molecule has 4 aliphatic rings. The first kappa shape index (κ1) is 100. The molecule has 4 saturated carbocycles. The first-order chi connectivity index (χ1) is 62.1. The number of nitrogens with zero attached hydrogens (tertiary/aromatic N) is 11. The number of aldehydes is 1. The molecule has 0 unspecified atom stereocenters. The molecule has 33 nitrogen and oxygen atoms in total. The molecule has 0 aliphatic heterocycles. The van der Waals surface area contributed by atoms with Crippen LogP contribution in [0.1, 0.15) is 223 Å². The van der Waals surface area contributed by atoms with Crippen molar-refractivity contribution in [3.05, 3.63) is 268 Å². The molecule has 132 heavy (non-hydrogen) atoms. The number of benzene rings is 4. The molecule has 2 amide bonds. The number of carbonyl (C=O) groups excluding carboxylic acids is 5. The van der Waals surface area contributed by atoms with Gasteiger partial charge >= 0.3 is 41.2 Å². The number of nitrogen functional groups attached to an aromatic ring is 3. The third kappa shape index (κ3) is 27.2. The van der Waals surface area contributed by atoms with Gasteiger partial charge in [-0.2, -0.15) is 0 Å². The van der Waals surface area contributed by atoms with Crippen LogP contribution >= 0.6 is 23.2 Å². The summed E-state index contributed by atoms with van der Waals surface area (Å²) >= 11 is 11.3. The van der Waals surface area contributed by atoms with Crippen molar-refractivity contribution >= 4 is 122 Å². The summed E-state index contributed by atoms with van der Waals surface area (Å²) in [5.74, 6) is 1.37. The zero-order valence-corrected chi connectivity index (χ0v) is 78.3. The number of fused-ring (bicyclic) bond motifs is 1. The van der Waals surface area contributed by atoms with E-state index >= 15 is 0 Å². The molecular weight excluding hydrogens is 1730 g/mol. The lowest BCUT2D eigenvalue weighted by Gasteiger charge is -2.43. The van der Waals surface area contributed by atoms with Crippen molar-refractivity contribution in [1.82, 2.24) is 50.1 Å². The molecular formula is C97H114Cl2N18O15. The third-order valence-corrected chi connectivity index (χ3v) is 22.6. The summed E-state index contributed by atoms with van der Waals surface area (Å²) in [6.45, 7) is 27.9. The number of nitrogens with two attached hydrogens (primary N) is 3. The molecule has 4 aromatic carbocycles. The van der Waals surface area contributed by atoms with Gasteiger partial charge in [0.15, 0.2) is 17.8 Å². The Bertz CT molecular complexity index is 5800. The van der Waals surface area contributed by atoms with Gasteiger partial charge in [0.2, 0.25) is 16.8 Å². The molecule has 696 valence electrons. The molecule has 7 aromatic heterocycles. The van der Waals surface area contributed by atoms with Crippen LogP contribution in [0, 0.1) is 51.1 Å². The number of nitro groups is 3. The Hall–Kier alpha value is -13.8. The van der Waals surface area contributed by atoms with Crippen molar-refractivity contribution in [3.63, 3.8) is 0 Å². The minimum atomic E-state index is -0.568. The number of amides is 2. The summed E-state index contributed by atoms with van der Waals surface area (Å²) in [6, 6.07) is 50.7. The summed E-state index contributed by atoms with van der Waals surface area (Å²) in [7, 11) is 0. The Kier molecular flexibility index (Phi) is 32.2. The van der Waals surface area contributed by atoms with Gasteiger partial charge in [-0.05, 0) is 293 Å². The number of halogens is 2. The minimum Gasteiger partial charge on any atom is -0.460 e. The van der Waals surface area contributed by atoms with Crippen LogP contribution in [0.4, 0.5) is 67.0 Å². The molecule has 10 N–H and O–H groups in total. The van der Waals surface area contributed by atoms with Gasteiger partial charge in [0.05, 0.1) is 49.8 Å². The first-order valence-electron chi connectivity index (χ1n) is 43.2. The predicted octanol–water partition coefficient (Wildman–Crippen LogP) is 21.6. The fourth-order valence-corrected chi connectivity index (χ4v) is 15.6. The smallest absolute Gasteiger partial charge is 0.408 e. The molecule has 0 bridgehead atoms. The van der Waals surface area contributed by atoms with E-state index < -0.39 is 60.4 Å². The van der Waals surface area contributed by atoms with Gasteiger partial charge in [0, 0.05) is 81.3 Å². The van der Waals surface area contributed by atoms with Crippen molar-refractivity contribution in [1.29, 1.82) is 0 Å². The second-order valence-electron chi connectivity index (χ2n) is 36.9. The van der Waals surface area contributed by atoms with Gasteiger partial charge < -0.3 is 57.4 Å². The van der Waals surface area contributed by atoms with E-state index in [2.05, 4.69) is 58.3 Å². The maximum absolute atomic E-state index is 12.5. The summed E-state index contributed by atoms with van der Waals surface area (Å²) in [5, 5.41) is 44.8. The Labute approximate surface area is 776 Å². The number of aryl methyl sites for hydroxylation is 3. The maximum Gasteiger partial charge on any atom is 0.408 e. The van der Waals surface area contributed by atoms with Gasteiger partial charge in [-0.3, -0.25) is 49.3 Å². The second kappa shape index (κ2) is 42.4. The lowest BCUT2D eigenvalue weighted by molar-refractivity contribution is -0.385. The lowest BCUT2D eigenvalue weighted by Crippen LogP contribution is -2.52. The number of anilines is 7. The van der Waals surface area contributed by atoms with E-state index in [1.54, 1.807) is 62.6 Å². The van der Waals surface area contributed by atoms with Crippen LogP contribution in [0.15, 0.2) is 182 Å². The van der Waals surface area contributed by atoms with E-state index in [0.29, 0.717) is 59.1 Å². The van der Waals surface area contributed by atoms with E-state index in [-0.39, 0.29) is 67.6 Å². The molecule has 4 aliphatic carbocycles. The first-order valence-corrected chi connectivity index (χ1v) is 43.9. The molecule has 11 aromatic rings. The number of rotatable bonds is 20. The number of imidazole rings is 1. The molecule has 15 rings (SSSR count). The third-order valence-electron chi connectivity index (χ3n) is 22.1. The predicted molar refractivity (Wildman–Crippen MR) is 510 cm³/mol. The zero-order chi connectivity index (χ0) is 96.5. The van der Waals surface area contributed by atoms with Gasteiger partial charge in [-0.25, -0.2) is 44.5 Å². The number of hydrogen-bond donors (Lipinski definition) is 7. The van der Waals surface area contributed by atoms with Crippen LogP contribution < -0.4 is 38.5 Å². The summed E-state index contributed by atoms with van der Waals surface area (Å²) in [5.41, 5.74) is 26.0. The van der Waals surface area contributed by atoms with Crippen LogP contribution in [0.5, 0.6) is 0 Å².